The number of ether oxygens (including phenoxy) is 1. The number of hydrogen-bond donors (Lipinski definition) is 1. The lowest BCUT2D eigenvalue weighted by molar-refractivity contribution is 0.203. The predicted molar refractivity (Wildman–Crippen MR) is 124 cm³/mol. The number of aliphatic hydroxyl groups is 1. The Morgan fingerprint density at radius 2 is 1.39 bits per heavy atom. The third-order valence-electron chi connectivity index (χ3n) is 4.86. The van der Waals surface area contributed by atoms with Crippen LogP contribution in [0.5, 0.6) is 5.75 Å². The number of benzene rings is 2. The van der Waals surface area contributed by atoms with E-state index in [0.717, 1.165) is 29.8 Å². The van der Waals surface area contributed by atoms with Gasteiger partial charge in [-0.25, -0.2) is 0 Å². The summed E-state index contributed by atoms with van der Waals surface area (Å²) in [6, 6.07) is 17.6. The van der Waals surface area contributed by atoms with Crippen molar-refractivity contribution in [3.63, 3.8) is 0 Å². The fourth-order valence-electron chi connectivity index (χ4n) is 3.22. The molecule has 4 heteroatoms. The number of hydrogen-bond acceptors (Lipinski definition) is 3. The Bertz CT molecular complexity index is 628. The predicted octanol–water partition coefficient (Wildman–Crippen LogP) is 6.02. The van der Waals surface area contributed by atoms with Crippen LogP contribution in [0.4, 0.5) is 0 Å². The summed E-state index contributed by atoms with van der Waals surface area (Å²) in [7, 11) is 0. The van der Waals surface area contributed by atoms with Gasteiger partial charge in [0.05, 0.1) is 6.61 Å². The van der Waals surface area contributed by atoms with Crippen LogP contribution in [0.3, 0.4) is 0 Å². The summed E-state index contributed by atoms with van der Waals surface area (Å²) in [5, 5.41) is 10.7. The van der Waals surface area contributed by atoms with Crippen molar-refractivity contribution in [2.24, 2.45) is 0 Å². The lowest BCUT2D eigenvalue weighted by atomic mass is 10.0. The van der Waals surface area contributed by atoms with Crippen LogP contribution in [0.1, 0.15) is 63.2 Å². The maximum absolute atomic E-state index is 10.7. The van der Waals surface area contributed by atoms with Crippen LogP contribution in [0.2, 0.25) is 0 Å². The van der Waals surface area contributed by atoms with Crippen molar-refractivity contribution in [1.82, 2.24) is 4.90 Å². The van der Waals surface area contributed by atoms with Crippen molar-refractivity contribution >= 4 is 17.0 Å². The molecule has 0 spiro atoms. The van der Waals surface area contributed by atoms with Gasteiger partial charge < -0.3 is 14.7 Å². The molecule has 0 fully saturated rings. The summed E-state index contributed by atoms with van der Waals surface area (Å²) in [5.74, 6) is 0.780. The molecule has 0 aromatic heterocycles. The highest BCUT2D eigenvalue weighted by molar-refractivity contribution is 8.93. The number of nitrogens with zero attached hydrogens (tertiary/aromatic N) is 1. The van der Waals surface area contributed by atoms with Gasteiger partial charge in [0.1, 0.15) is 11.9 Å². The van der Waals surface area contributed by atoms with E-state index in [2.05, 4.69) is 18.7 Å². The fourth-order valence-corrected chi connectivity index (χ4v) is 3.22. The van der Waals surface area contributed by atoms with Crippen molar-refractivity contribution in [3.05, 3.63) is 65.7 Å². The van der Waals surface area contributed by atoms with Crippen LogP contribution < -0.4 is 4.74 Å². The molecule has 0 saturated heterocycles. The second-order valence-electron chi connectivity index (χ2n) is 7.10. The Balaban J connectivity index is 0.00000392. The van der Waals surface area contributed by atoms with Gasteiger partial charge in [0, 0.05) is 12.1 Å². The molecule has 0 aliphatic carbocycles. The van der Waals surface area contributed by atoms with E-state index in [4.69, 9.17) is 4.74 Å². The lowest BCUT2D eigenvalue weighted by Crippen LogP contribution is -2.28. The number of halogens is 1. The lowest BCUT2D eigenvalue weighted by Gasteiger charge is -2.22. The molecule has 0 aliphatic rings. The van der Waals surface area contributed by atoms with Gasteiger partial charge in [-0.1, -0.05) is 75.2 Å². The molecule has 2 aromatic carbocycles. The van der Waals surface area contributed by atoms with Crippen molar-refractivity contribution in [1.29, 1.82) is 0 Å². The molecule has 3 nitrogen and oxygen atoms in total. The van der Waals surface area contributed by atoms with E-state index >= 15 is 0 Å². The molecule has 1 N–H and O–H groups in total. The monoisotopic (exact) mass is 449 g/mol. The average Bonchev–Trinajstić information content (AvgIpc) is 2.73. The Morgan fingerprint density at radius 3 is 2.04 bits per heavy atom. The summed E-state index contributed by atoms with van der Waals surface area (Å²) in [6.07, 6.45) is 5.35. The summed E-state index contributed by atoms with van der Waals surface area (Å²) in [6.45, 7) is 8.60. The van der Waals surface area contributed by atoms with E-state index in [9.17, 15) is 5.11 Å². The number of para-hydroxylation sites is 1. The van der Waals surface area contributed by atoms with Crippen molar-refractivity contribution < 1.29 is 9.84 Å². The summed E-state index contributed by atoms with van der Waals surface area (Å²) < 4.78 is 6.05. The van der Waals surface area contributed by atoms with Crippen LogP contribution in [-0.4, -0.2) is 36.2 Å². The van der Waals surface area contributed by atoms with Crippen molar-refractivity contribution in [3.8, 4) is 5.75 Å². The van der Waals surface area contributed by atoms with Gasteiger partial charge in [-0.2, -0.15) is 0 Å². The molecule has 156 valence electrons. The van der Waals surface area contributed by atoms with Gasteiger partial charge in [-0.15, -0.1) is 17.0 Å². The molecular formula is C24H36BrNO2. The summed E-state index contributed by atoms with van der Waals surface area (Å²) in [4.78, 5) is 2.56. The zero-order chi connectivity index (χ0) is 19.3. The number of aliphatic hydroxyl groups excluding tert-OH is 1. The fraction of sp³-hybridized carbons (Fsp3) is 0.500. The highest BCUT2D eigenvalue weighted by Gasteiger charge is 2.15. The minimum atomic E-state index is -0.659. The Labute approximate surface area is 181 Å². The second-order valence-corrected chi connectivity index (χ2v) is 7.10. The molecule has 2 aromatic rings. The second kappa shape index (κ2) is 14.6. The van der Waals surface area contributed by atoms with Gasteiger partial charge in [0.2, 0.25) is 0 Å². The maximum Gasteiger partial charge on any atom is 0.125 e. The number of unbranched alkanes of at least 4 members (excludes halogenated alkanes) is 2. The Morgan fingerprint density at radius 1 is 0.821 bits per heavy atom. The molecule has 0 aliphatic heterocycles. The first-order chi connectivity index (χ1) is 13.3. The summed E-state index contributed by atoms with van der Waals surface area (Å²) >= 11 is 0. The molecule has 1 atom stereocenters. The van der Waals surface area contributed by atoms with E-state index < -0.39 is 6.10 Å². The number of rotatable bonds is 13. The smallest absolute Gasteiger partial charge is 0.125 e. The molecule has 0 amide bonds. The van der Waals surface area contributed by atoms with Gasteiger partial charge in [-0.05, 0) is 44.0 Å². The van der Waals surface area contributed by atoms with Crippen molar-refractivity contribution in [2.75, 3.05) is 26.2 Å². The molecule has 2 rings (SSSR count). The molecule has 28 heavy (non-hydrogen) atoms. The van der Waals surface area contributed by atoms with E-state index in [1.807, 2.05) is 54.6 Å². The first kappa shape index (κ1) is 24.7. The molecule has 1 unspecified atom stereocenters. The van der Waals surface area contributed by atoms with Crippen LogP contribution in [0.15, 0.2) is 54.6 Å². The first-order valence-corrected chi connectivity index (χ1v) is 10.4. The minimum absolute atomic E-state index is 0. The van der Waals surface area contributed by atoms with E-state index in [0.29, 0.717) is 6.61 Å². The molecule has 0 bridgehead atoms. The largest absolute Gasteiger partial charge is 0.493 e. The van der Waals surface area contributed by atoms with Crippen LogP contribution in [0, 0.1) is 0 Å². The van der Waals surface area contributed by atoms with Crippen LogP contribution in [-0.2, 0) is 0 Å². The van der Waals surface area contributed by atoms with Gasteiger partial charge in [0.25, 0.3) is 0 Å². The maximum atomic E-state index is 10.7. The van der Waals surface area contributed by atoms with Crippen LogP contribution >= 0.6 is 17.0 Å². The van der Waals surface area contributed by atoms with Crippen LogP contribution in [0.25, 0.3) is 0 Å². The summed E-state index contributed by atoms with van der Waals surface area (Å²) in [5.41, 5.74) is 1.72. The first-order valence-electron chi connectivity index (χ1n) is 10.4. The third-order valence-corrected chi connectivity index (χ3v) is 4.86. The van der Waals surface area contributed by atoms with Gasteiger partial charge >= 0.3 is 0 Å². The quantitative estimate of drug-likeness (QED) is 0.379. The van der Waals surface area contributed by atoms with E-state index in [1.54, 1.807) is 0 Å². The normalized spacial score (nSPS) is 11.9. The Kier molecular flexibility index (Phi) is 12.9. The molecule has 0 heterocycles. The topological polar surface area (TPSA) is 32.7 Å². The molecule has 0 saturated carbocycles. The van der Waals surface area contributed by atoms with Gasteiger partial charge in [0.15, 0.2) is 0 Å². The third kappa shape index (κ3) is 8.34. The van der Waals surface area contributed by atoms with E-state index in [1.165, 1.54) is 38.8 Å². The minimum Gasteiger partial charge on any atom is -0.493 e. The molecular weight excluding hydrogens is 414 g/mol. The Hall–Kier alpha value is -1.36. The highest BCUT2D eigenvalue weighted by Crippen LogP contribution is 2.29. The molecule has 0 radical (unpaired) electrons. The average molecular weight is 450 g/mol. The van der Waals surface area contributed by atoms with Crippen molar-refractivity contribution in [2.45, 2.75) is 52.1 Å². The zero-order valence-electron chi connectivity index (χ0n) is 17.3. The standard InChI is InChI=1S/C24H35NO2.BrH/c1-3-5-17-25(18-6-4-2)19-12-20-27-23-16-11-10-15-22(23)24(26)21-13-8-7-9-14-21;/h7-11,13-16,24,26H,3-6,12,17-20H2,1-2H3;1H. The zero-order valence-corrected chi connectivity index (χ0v) is 19.1. The van der Waals surface area contributed by atoms with Gasteiger partial charge in [-0.3, -0.25) is 0 Å². The SMILES string of the molecule is Br.CCCCN(CCCC)CCCOc1ccccc1C(O)c1ccccc1. The van der Waals surface area contributed by atoms with E-state index in [-0.39, 0.29) is 17.0 Å². The highest BCUT2D eigenvalue weighted by atomic mass is 79.9.